The van der Waals surface area contributed by atoms with Crippen LogP contribution in [0.25, 0.3) is 0 Å². The number of carbonyl (C=O) groups excluding carboxylic acids is 2. The van der Waals surface area contributed by atoms with E-state index < -0.39 is 0 Å². The van der Waals surface area contributed by atoms with Crippen LogP contribution in [0.2, 0.25) is 0 Å². The van der Waals surface area contributed by atoms with E-state index in [9.17, 15) is 9.59 Å². The number of ether oxygens (including phenoxy) is 1. The Morgan fingerprint density at radius 2 is 1.88 bits per heavy atom. The molecule has 0 atom stereocenters. The maximum Gasteiger partial charge on any atom is 0.323 e. The first-order chi connectivity index (χ1) is 11.5. The summed E-state index contributed by atoms with van der Waals surface area (Å²) in [4.78, 5) is 26.0. The second kappa shape index (κ2) is 6.62. The average molecular weight is 325 g/mol. The fraction of sp³-hybridized carbons (Fsp3) is 0.222. The van der Waals surface area contributed by atoms with E-state index in [4.69, 9.17) is 4.74 Å². The molecule has 0 radical (unpaired) electrons. The predicted molar refractivity (Wildman–Crippen MR) is 92.7 cm³/mol. The molecule has 6 heteroatoms. The molecular formula is C18H19N3O3. The molecule has 2 N–H and O–H groups in total. The number of nitrogens with zero attached hydrogens (tertiary/aromatic N) is 1. The molecule has 0 saturated heterocycles. The Morgan fingerprint density at radius 1 is 1.12 bits per heavy atom. The maximum absolute atomic E-state index is 12.3. The van der Waals surface area contributed by atoms with Gasteiger partial charge in [0.05, 0.1) is 12.1 Å². The SMILES string of the molecule is Cc1cccc(NC(=O)Nc2ccc3c(c2)C(=O)N(C)CCO3)c1. The number of hydrogen-bond acceptors (Lipinski definition) is 3. The minimum Gasteiger partial charge on any atom is -0.491 e. The number of fused-ring (bicyclic) bond motifs is 1. The fourth-order valence-electron chi connectivity index (χ4n) is 2.52. The Bertz CT molecular complexity index is 789. The number of amides is 3. The van der Waals surface area contributed by atoms with Crippen LogP contribution in [0.15, 0.2) is 42.5 Å². The van der Waals surface area contributed by atoms with Gasteiger partial charge in [-0.3, -0.25) is 4.79 Å². The molecule has 124 valence electrons. The molecule has 0 fully saturated rings. The van der Waals surface area contributed by atoms with Crippen molar-refractivity contribution in [2.75, 3.05) is 30.8 Å². The largest absolute Gasteiger partial charge is 0.491 e. The van der Waals surface area contributed by atoms with Crippen molar-refractivity contribution in [1.82, 2.24) is 4.90 Å². The Labute approximate surface area is 140 Å². The first-order valence-corrected chi connectivity index (χ1v) is 7.70. The summed E-state index contributed by atoms with van der Waals surface area (Å²) in [5, 5.41) is 5.51. The Hall–Kier alpha value is -3.02. The molecule has 3 rings (SSSR count). The van der Waals surface area contributed by atoms with Crippen LogP contribution >= 0.6 is 0 Å². The minimum absolute atomic E-state index is 0.120. The standard InChI is InChI=1S/C18H19N3O3/c1-12-4-3-5-13(10-12)19-18(23)20-14-6-7-16-15(11-14)17(22)21(2)8-9-24-16/h3-7,10-11H,8-9H2,1-2H3,(H2,19,20,23). The molecule has 1 aliphatic heterocycles. The third-order valence-electron chi connectivity index (χ3n) is 3.77. The van der Waals surface area contributed by atoms with E-state index >= 15 is 0 Å². The monoisotopic (exact) mass is 325 g/mol. The number of anilines is 2. The first kappa shape index (κ1) is 15.9. The molecule has 1 heterocycles. The normalized spacial score (nSPS) is 13.6. The lowest BCUT2D eigenvalue weighted by Crippen LogP contribution is -2.28. The lowest BCUT2D eigenvalue weighted by Gasteiger charge is -2.13. The Morgan fingerprint density at radius 3 is 2.62 bits per heavy atom. The highest BCUT2D eigenvalue weighted by atomic mass is 16.5. The van der Waals surface area contributed by atoms with Gasteiger partial charge in [0.15, 0.2) is 0 Å². The molecule has 2 aromatic rings. The van der Waals surface area contributed by atoms with E-state index in [1.165, 1.54) is 0 Å². The van der Waals surface area contributed by atoms with Crippen LogP contribution in [-0.2, 0) is 0 Å². The molecule has 24 heavy (non-hydrogen) atoms. The number of carbonyl (C=O) groups is 2. The Balaban J connectivity index is 1.75. The number of urea groups is 1. The third-order valence-corrected chi connectivity index (χ3v) is 3.77. The zero-order valence-corrected chi connectivity index (χ0v) is 13.6. The van der Waals surface area contributed by atoms with Crippen molar-refractivity contribution < 1.29 is 14.3 Å². The summed E-state index contributed by atoms with van der Waals surface area (Å²) in [6, 6.07) is 12.2. The lowest BCUT2D eigenvalue weighted by atomic mass is 10.1. The second-order valence-corrected chi connectivity index (χ2v) is 5.73. The van der Waals surface area contributed by atoms with E-state index in [1.807, 2.05) is 31.2 Å². The molecule has 1 aliphatic rings. The van der Waals surface area contributed by atoms with Gasteiger partial charge in [0, 0.05) is 18.4 Å². The van der Waals surface area contributed by atoms with Gasteiger partial charge in [-0.25, -0.2) is 4.79 Å². The summed E-state index contributed by atoms with van der Waals surface area (Å²) < 4.78 is 5.57. The van der Waals surface area contributed by atoms with Gasteiger partial charge in [0.25, 0.3) is 5.91 Å². The summed E-state index contributed by atoms with van der Waals surface area (Å²) >= 11 is 0. The van der Waals surface area contributed by atoms with Crippen molar-refractivity contribution in [2.24, 2.45) is 0 Å². The van der Waals surface area contributed by atoms with Gasteiger partial charge in [-0.15, -0.1) is 0 Å². The van der Waals surface area contributed by atoms with Gasteiger partial charge in [0.1, 0.15) is 12.4 Å². The number of likely N-dealkylation sites (N-methyl/N-ethyl adjacent to an activating group) is 1. The molecule has 0 saturated carbocycles. The van der Waals surface area contributed by atoms with E-state index in [0.717, 1.165) is 5.56 Å². The van der Waals surface area contributed by atoms with Gasteiger partial charge < -0.3 is 20.3 Å². The third kappa shape index (κ3) is 3.48. The summed E-state index contributed by atoms with van der Waals surface area (Å²) in [6.45, 7) is 2.94. The first-order valence-electron chi connectivity index (χ1n) is 7.70. The average Bonchev–Trinajstić information content (AvgIpc) is 2.67. The topological polar surface area (TPSA) is 70.7 Å². The van der Waals surface area contributed by atoms with Crippen molar-refractivity contribution in [3.63, 3.8) is 0 Å². The zero-order chi connectivity index (χ0) is 17.1. The van der Waals surface area contributed by atoms with Gasteiger partial charge in [-0.05, 0) is 42.8 Å². The van der Waals surface area contributed by atoms with Crippen molar-refractivity contribution >= 4 is 23.3 Å². The van der Waals surface area contributed by atoms with Crippen LogP contribution in [0.3, 0.4) is 0 Å². The minimum atomic E-state index is -0.365. The van der Waals surface area contributed by atoms with Crippen molar-refractivity contribution in [3.05, 3.63) is 53.6 Å². The van der Waals surface area contributed by atoms with Crippen LogP contribution in [0, 0.1) is 6.92 Å². The number of rotatable bonds is 2. The van der Waals surface area contributed by atoms with Crippen LogP contribution in [-0.4, -0.2) is 37.0 Å². The number of aryl methyl sites for hydroxylation is 1. The molecular weight excluding hydrogens is 306 g/mol. The molecule has 2 aromatic carbocycles. The summed E-state index contributed by atoms with van der Waals surface area (Å²) in [7, 11) is 1.73. The quantitative estimate of drug-likeness (QED) is 0.891. The van der Waals surface area contributed by atoms with E-state index in [-0.39, 0.29) is 11.9 Å². The second-order valence-electron chi connectivity index (χ2n) is 5.73. The van der Waals surface area contributed by atoms with Gasteiger partial charge in [0.2, 0.25) is 0 Å². The summed E-state index contributed by atoms with van der Waals surface area (Å²) in [5.41, 5.74) is 2.75. The number of hydrogen-bond donors (Lipinski definition) is 2. The highest BCUT2D eigenvalue weighted by Gasteiger charge is 2.21. The predicted octanol–water partition coefficient (Wildman–Crippen LogP) is 3.10. The van der Waals surface area contributed by atoms with Crippen molar-refractivity contribution in [1.29, 1.82) is 0 Å². The van der Waals surface area contributed by atoms with E-state index in [2.05, 4.69) is 10.6 Å². The molecule has 6 nitrogen and oxygen atoms in total. The highest BCUT2D eigenvalue weighted by Crippen LogP contribution is 2.26. The number of nitrogens with one attached hydrogen (secondary N) is 2. The zero-order valence-electron chi connectivity index (χ0n) is 13.6. The smallest absolute Gasteiger partial charge is 0.323 e. The van der Waals surface area contributed by atoms with Crippen LogP contribution in [0.1, 0.15) is 15.9 Å². The fourth-order valence-corrected chi connectivity index (χ4v) is 2.52. The highest BCUT2D eigenvalue weighted by molar-refractivity contribution is 6.02. The van der Waals surface area contributed by atoms with Crippen LogP contribution < -0.4 is 15.4 Å². The van der Waals surface area contributed by atoms with Crippen LogP contribution in [0.4, 0.5) is 16.2 Å². The molecule has 3 amide bonds. The molecule has 0 spiro atoms. The number of benzene rings is 2. The van der Waals surface area contributed by atoms with Crippen molar-refractivity contribution in [2.45, 2.75) is 6.92 Å². The summed E-state index contributed by atoms with van der Waals surface area (Å²) in [6.07, 6.45) is 0. The van der Waals surface area contributed by atoms with Gasteiger partial charge in [-0.1, -0.05) is 12.1 Å². The van der Waals surface area contributed by atoms with Gasteiger partial charge >= 0.3 is 6.03 Å². The lowest BCUT2D eigenvalue weighted by molar-refractivity contribution is 0.0796. The van der Waals surface area contributed by atoms with Crippen molar-refractivity contribution in [3.8, 4) is 5.75 Å². The van der Waals surface area contributed by atoms with Gasteiger partial charge in [-0.2, -0.15) is 0 Å². The molecule has 0 aliphatic carbocycles. The van der Waals surface area contributed by atoms with Crippen LogP contribution in [0.5, 0.6) is 5.75 Å². The molecule has 0 aromatic heterocycles. The summed E-state index contributed by atoms with van der Waals surface area (Å²) in [5.74, 6) is 0.416. The molecule has 0 bridgehead atoms. The molecule has 0 unspecified atom stereocenters. The maximum atomic E-state index is 12.3. The van der Waals surface area contributed by atoms with E-state index in [1.54, 1.807) is 30.1 Å². The van der Waals surface area contributed by atoms with E-state index in [0.29, 0.717) is 35.8 Å². The Kier molecular flexibility index (Phi) is 4.37.